The number of H-pyrrole nitrogens is 1. The Morgan fingerprint density at radius 2 is 2.12 bits per heavy atom. The molecule has 1 aliphatic rings. The fraction of sp³-hybridized carbons (Fsp3) is 0.400. The van der Waals surface area contributed by atoms with Crippen LogP contribution in [0.3, 0.4) is 0 Å². The van der Waals surface area contributed by atoms with Crippen LogP contribution >= 0.6 is 0 Å². The highest BCUT2D eigenvalue weighted by Gasteiger charge is 2.32. The molecule has 1 aliphatic heterocycles. The number of carbonyl (C=O) groups is 1. The number of carbonyl (C=O) groups excluding carboxylic acids is 1. The highest BCUT2D eigenvalue weighted by atomic mass is 16.5. The molecule has 0 fully saturated rings. The average molecular weight is 356 g/mol. The van der Waals surface area contributed by atoms with E-state index < -0.39 is 0 Å². The Bertz CT molecular complexity index is 899. The second kappa shape index (κ2) is 6.86. The van der Waals surface area contributed by atoms with Gasteiger partial charge in [0.15, 0.2) is 18.1 Å². The van der Waals surface area contributed by atoms with E-state index in [2.05, 4.69) is 10.3 Å². The van der Waals surface area contributed by atoms with E-state index in [1.807, 2.05) is 45.9 Å². The zero-order valence-electron chi connectivity index (χ0n) is 15.6. The molecule has 0 radical (unpaired) electrons. The van der Waals surface area contributed by atoms with E-state index in [9.17, 15) is 9.59 Å². The van der Waals surface area contributed by atoms with Crippen molar-refractivity contribution in [3.63, 3.8) is 0 Å². The molecule has 6 nitrogen and oxygen atoms in total. The van der Waals surface area contributed by atoms with Crippen molar-refractivity contribution >= 4 is 5.91 Å². The van der Waals surface area contributed by atoms with Gasteiger partial charge < -0.3 is 19.8 Å². The monoisotopic (exact) mass is 356 g/mol. The summed E-state index contributed by atoms with van der Waals surface area (Å²) in [6.07, 6.45) is 0.807. The first-order chi connectivity index (χ1) is 12.2. The molecule has 6 heteroatoms. The molecular formula is C20H24N2O4. The third kappa shape index (κ3) is 3.90. The number of amides is 1. The van der Waals surface area contributed by atoms with Crippen LogP contribution in [-0.4, -0.2) is 23.1 Å². The average Bonchev–Trinajstić information content (AvgIpc) is 2.86. The minimum Gasteiger partial charge on any atom is -0.483 e. The number of benzene rings is 1. The lowest BCUT2D eigenvalue weighted by atomic mass is 10.0. The molecule has 3 rings (SSSR count). The number of nitrogens with one attached hydrogen (secondary N) is 2. The number of ether oxygens (including phenoxy) is 2. The maximum absolute atomic E-state index is 12.1. The van der Waals surface area contributed by atoms with Crippen LogP contribution in [0, 0.1) is 13.8 Å². The minimum atomic E-state index is -0.292. The molecule has 1 aromatic carbocycles. The molecule has 0 unspecified atom stereocenters. The molecule has 138 valence electrons. The molecule has 1 amide bonds. The van der Waals surface area contributed by atoms with Crippen molar-refractivity contribution in [3.05, 3.63) is 57.0 Å². The summed E-state index contributed by atoms with van der Waals surface area (Å²) in [4.78, 5) is 26.8. The van der Waals surface area contributed by atoms with Gasteiger partial charge >= 0.3 is 0 Å². The predicted molar refractivity (Wildman–Crippen MR) is 98.7 cm³/mol. The number of hydrogen-bond donors (Lipinski definition) is 2. The lowest BCUT2D eigenvalue weighted by molar-refractivity contribution is -0.123. The molecule has 0 aliphatic carbocycles. The molecule has 26 heavy (non-hydrogen) atoms. The number of aryl methyl sites for hydroxylation is 2. The van der Waals surface area contributed by atoms with Gasteiger partial charge in [0.2, 0.25) is 0 Å². The standard InChI is InChI=1S/C20H24N2O4/c1-12-8-13(2)22-19(24)15(12)10-21-17(23)11-25-16-7-5-6-14-9-20(3,4)26-18(14)16/h5-8H,9-11H2,1-4H3,(H,21,23)(H,22,24). The third-order valence-electron chi connectivity index (χ3n) is 4.37. The molecular weight excluding hydrogens is 332 g/mol. The third-order valence-corrected chi connectivity index (χ3v) is 4.37. The summed E-state index contributed by atoms with van der Waals surface area (Å²) in [7, 11) is 0. The van der Waals surface area contributed by atoms with Gasteiger partial charge in [0.05, 0.1) is 0 Å². The highest BCUT2D eigenvalue weighted by Crippen LogP contribution is 2.41. The Hall–Kier alpha value is -2.76. The summed E-state index contributed by atoms with van der Waals surface area (Å²) in [6, 6.07) is 7.57. The van der Waals surface area contributed by atoms with Crippen molar-refractivity contribution in [1.82, 2.24) is 10.3 Å². The number of hydrogen-bond acceptors (Lipinski definition) is 4. The fourth-order valence-corrected chi connectivity index (χ4v) is 3.18. The van der Waals surface area contributed by atoms with Crippen LogP contribution < -0.4 is 20.3 Å². The number of aromatic amines is 1. The zero-order chi connectivity index (χ0) is 18.9. The summed E-state index contributed by atoms with van der Waals surface area (Å²) >= 11 is 0. The second-order valence-corrected chi connectivity index (χ2v) is 7.29. The molecule has 0 saturated carbocycles. The van der Waals surface area contributed by atoms with E-state index >= 15 is 0 Å². The topological polar surface area (TPSA) is 80.4 Å². The molecule has 2 aromatic rings. The summed E-state index contributed by atoms with van der Waals surface area (Å²) in [5.41, 5.74) is 2.83. The number of fused-ring (bicyclic) bond motifs is 1. The molecule has 0 spiro atoms. The van der Waals surface area contributed by atoms with Crippen LogP contribution in [0.15, 0.2) is 29.1 Å². The van der Waals surface area contributed by atoms with Gasteiger partial charge in [-0.15, -0.1) is 0 Å². The SMILES string of the molecule is Cc1cc(C)c(CNC(=O)COc2cccc3c2OC(C)(C)C3)c(=O)[nH]1. The summed E-state index contributed by atoms with van der Waals surface area (Å²) in [5.74, 6) is 0.975. The Kier molecular flexibility index (Phi) is 4.76. The van der Waals surface area contributed by atoms with Gasteiger partial charge in [0.1, 0.15) is 5.60 Å². The van der Waals surface area contributed by atoms with Gasteiger partial charge in [-0.25, -0.2) is 0 Å². The number of aromatic nitrogens is 1. The first kappa shape index (κ1) is 18.0. The molecule has 0 atom stereocenters. The lowest BCUT2D eigenvalue weighted by Gasteiger charge is -2.18. The quantitative estimate of drug-likeness (QED) is 0.862. The van der Waals surface area contributed by atoms with Crippen molar-refractivity contribution in [2.24, 2.45) is 0 Å². The van der Waals surface area contributed by atoms with E-state index in [-0.39, 0.29) is 30.2 Å². The van der Waals surface area contributed by atoms with Gasteiger partial charge in [-0.2, -0.15) is 0 Å². The largest absolute Gasteiger partial charge is 0.483 e. The maximum atomic E-state index is 12.1. The van der Waals surface area contributed by atoms with Gasteiger partial charge in [-0.05, 0) is 45.4 Å². The van der Waals surface area contributed by atoms with Crippen molar-refractivity contribution in [3.8, 4) is 11.5 Å². The van der Waals surface area contributed by atoms with Crippen molar-refractivity contribution < 1.29 is 14.3 Å². The van der Waals surface area contributed by atoms with E-state index in [0.29, 0.717) is 17.1 Å². The number of rotatable bonds is 5. The van der Waals surface area contributed by atoms with Crippen molar-refractivity contribution in [2.75, 3.05) is 6.61 Å². The van der Waals surface area contributed by atoms with E-state index in [1.165, 1.54) is 0 Å². The Morgan fingerprint density at radius 3 is 2.85 bits per heavy atom. The first-order valence-electron chi connectivity index (χ1n) is 8.65. The molecule has 0 saturated heterocycles. The van der Waals surface area contributed by atoms with Crippen molar-refractivity contribution in [1.29, 1.82) is 0 Å². The van der Waals surface area contributed by atoms with Gasteiger partial charge in [-0.3, -0.25) is 9.59 Å². The minimum absolute atomic E-state index is 0.136. The Labute approximate surface area is 152 Å². The maximum Gasteiger partial charge on any atom is 0.258 e. The van der Waals surface area contributed by atoms with Gasteiger partial charge in [0.25, 0.3) is 11.5 Å². The zero-order valence-corrected chi connectivity index (χ0v) is 15.6. The lowest BCUT2D eigenvalue weighted by Crippen LogP contribution is -2.31. The van der Waals surface area contributed by atoms with E-state index in [1.54, 1.807) is 6.07 Å². The molecule has 1 aromatic heterocycles. The van der Waals surface area contributed by atoms with Crippen LogP contribution in [0.25, 0.3) is 0 Å². The predicted octanol–water partition coefficient (Wildman–Crippen LogP) is 2.40. The van der Waals surface area contributed by atoms with Crippen LogP contribution in [-0.2, 0) is 17.8 Å². The molecule has 0 bridgehead atoms. The van der Waals surface area contributed by atoms with Gasteiger partial charge in [-0.1, -0.05) is 12.1 Å². The van der Waals surface area contributed by atoms with Crippen molar-refractivity contribution in [2.45, 2.75) is 46.3 Å². The Balaban J connectivity index is 1.60. The van der Waals surface area contributed by atoms with Crippen LogP contribution in [0.2, 0.25) is 0 Å². The van der Waals surface area contributed by atoms with Crippen LogP contribution in [0.5, 0.6) is 11.5 Å². The van der Waals surface area contributed by atoms with Crippen LogP contribution in [0.4, 0.5) is 0 Å². The first-order valence-corrected chi connectivity index (χ1v) is 8.65. The molecule has 2 heterocycles. The second-order valence-electron chi connectivity index (χ2n) is 7.29. The van der Waals surface area contributed by atoms with E-state index in [0.717, 1.165) is 23.2 Å². The molecule has 2 N–H and O–H groups in total. The normalized spacial score (nSPS) is 14.5. The fourth-order valence-electron chi connectivity index (χ4n) is 3.18. The van der Waals surface area contributed by atoms with Crippen LogP contribution in [0.1, 0.15) is 36.2 Å². The smallest absolute Gasteiger partial charge is 0.258 e. The number of pyridine rings is 1. The summed E-state index contributed by atoms with van der Waals surface area (Å²) in [5, 5.41) is 2.73. The summed E-state index contributed by atoms with van der Waals surface area (Å²) < 4.78 is 11.6. The number of para-hydroxylation sites is 1. The summed E-state index contributed by atoms with van der Waals surface area (Å²) in [6.45, 7) is 7.75. The van der Waals surface area contributed by atoms with E-state index in [4.69, 9.17) is 9.47 Å². The highest BCUT2D eigenvalue weighted by molar-refractivity contribution is 5.77. The van der Waals surface area contributed by atoms with Gasteiger partial charge in [0, 0.05) is 29.8 Å². The Morgan fingerprint density at radius 1 is 1.35 bits per heavy atom.